The molecule has 6 nitrogen and oxygen atoms in total. The molecule has 0 radical (unpaired) electrons. The second-order valence-corrected chi connectivity index (χ2v) is 5.24. The van der Waals surface area contributed by atoms with Gasteiger partial charge in [0.05, 0.1) is 16.2 Å². The van der Waals surface area contributed by atoms with E-state index < -0.39 is 10.9 Å². The van der Waals surface area contributed by atoms with Crippen molar-refractivity contribution in [3.05, 3.63) is 62.1 Å². The summed E-state index contributed by atoms with van der Waals surface area (Å²) < 4.78 is 0.563. The zero-order chi connectivity index (χ0) is 15.6. The van der Waals surface area contributed by atoms with Gasteiger partial charge >= 0.3 is 5.97 Å². The van der Waals surface area contributed by atoms with Gasteiger partial charge in [-0.25, -0.2) is 4.79 Å². The predicted octanol–water partition coefficient (Wildman–Crippen LogP) is 4.11. The van der Waals surface area contributed by atoms with Crippen LogP contribution in [0.15, 0.2) is 40.9 Å². The van der Waals surface area contributed by atoms with Gasteiger partial charge in [0.15, 0.2) is 0 Å². The molecular formula is C14H11BrN2O4. The Morgan fingerprint density at radius 1 is 1.24 bits per heavy atom. The predicted molar refractivity (Wildman–Crippen MR) is 82.2 cm³/mol. The molecule has 2 N–H and O–H groups in total. The molecule has 21 heavy (non-hydrogen) atoms. The van der Waals surface area contributed by atoms with E-state index in [1.807, 2.05) is 6.92 Å². The van der Waals surface area contributed by atoms with Crippen LogP contribution in [0.4, 0.5) is 17.1 Å². The summed E-state index contributed by atoms with van der Waals surface area (Å²) in [5.74, 6) is -1.02. The average Bonchev–Trinajstić information content (AvgIpc) is 2.42. The molecule has 0 unspecified atom stereocenters. The first-order valence-corrected chi connectivity index (χ1v) is 6.72. The lowest BCUT2D eigenvalue weighted by Gasteiger charge is -2.11. The van der Waals surface area contributed by atoms with Gasteiger partial charge in [-0.1, -0.05) is 6.07 Å². The largest absolute Gasteiger partial charge is 0.478 e. The van der Waals surface area contributed by atoms with Crippen molar-refractivity contribution in [1.29, 1.82) is 0 Å². The van der Waals surface area contributed by atoms with Crippen molar-refractivity contribution in [1.82, 2.24) is 0 Å². The number of aromatic carboxylic acids is 1. The van der Waals surface area contributed by atoms with E-state index in [1.54, 1.807) is 12.1 Å². The number of anilines is 2. The smallest absolute Gasteiger partial charge is 0.335 e. The number of nitro groups is 1. The highest BCUT2D eigenvalue weighted by Gasteiger charge is 2.11. The van der Waals surface area contributed by atoms with E-state index in [0.29, 0.717) is 15.8 Å². The van der Waals surface area contributed by atoms with Gasteiger partial charge in [-0.3, -0.25) is 10.1 Å². The normalized spacial score (nSPS) is 10.2. The SMILES string of the molecule is Cc1ccc([N+](=O)[O-])cc1Nc1ccc(C(=O)O)cc1Br. The number of hydrogen-bond donors (Lipinski definition) is 2. The number of rotatable bonds is 4. The fourth-order valence-electron chi connectivity index (χ4n) is 1.75. The van der Waals surface area contributed by atoms with Crippen LogP contribution < -0.4 is 5.32 Å². The highest BCUT2D eigenvalue weighted by Crippen LogP contribution is 2.30. The van der Waals surface area contributed by atoms with E-state index >= 15 is 0 Å². The maximum atomic E-state index is 10.9. The third-order valence-electron chi connectivity index (χ3n) is 2.92. The van der Waals surface area contributed by atoms with Crippen LogP contribution in [0.25, 0.3) is 0 Å². The molecule has 108 valence electrons. The van der Waals surface area contributed by atoms with Crippen molar-refractivity contribution in [2.24, 2.45) is 0 Å². The fourth-order valence-corrected chi connectivity index (χ4v) is 2.23. The van der Waals surface area contributed by atoms with Crippen molar-refractivity contribution in [3.63, 3.8) is 0 Å². The first-order valence-electron chi connectivity index (χ1n) is 5.93. The Morgan fingerprint density at radius 2 is 1.95 bits per heavy atom. The monoisotopic (exact) mass is 350 g/mol. The minimum atomic E-state index is -1.02. The maximum absolute atomic E-state index is 10.9. The lowest BCUT2D eigenvalue weighted by atomic mass is 10.1. The van der Waals surface area contributed by atoms with Gasteiger partial charge < -0.3 is 10.4 Å². The molecule has 2 rings (SSSR count). The Balaban J connectivity index is 2.36. The number of non-ortho nitro benzene ring substituents is 1. The molecule has 0 fully saturated rings. The van der Waals surface area contributed by atoms with Crippen LogP contribution in [0.1, 0.15) is 15.9 Å². The Morgan fingerprint density at radius 3 is 2.52 bits per heavy atom. The molecule has 0 aliphatic carbocycles. The summed E-state index contributed by atoms with van der Waals surface area (Å²) in [7, 11) is 0. The van der Waals surface area contributed by atoms with Gasteiger partial charge in [0.1, 0.15) is 0 Å². The molecule has 2 aromatic carbocycles. The van der Waals surface area contributed by atoms with Crippen LogP contribution in [0.2, 0.25) is 0 Å². The molecule has 0 aliphatic rings. The lowest BCUT2D eigenvalue weighted by Crippen LogP contribution is -1.99. The Hall–Kier alpha value is -2.41. The minimum absolute atomic E-state index is 0.0126. The first-order chi connectivity index (χ1) is 9.88. The second kappa shape index (κ2) is 5.92. The van der Waals surface area contributed by atoms with Crippen molar-refractivity contribution in [2.45, 2.75) is 6.92 Å². The third kappa shape index (κ3) is 3.38. The molecule has 0 aliphatic heterocycles. The number of nitro benzene ring substituents is 1. The van der Waals surface area contributed by atoms with Crippen LogP contribution in [-0.2, 0) is 0 Å². The van der Waals surface area contributed by atoms with Gasteiger partial charge in [-0.2, -0.15) is 0 Å². The highest BCUT2D eigenvalue weighted by atomic mass is 79.9. The summed E-state index contributed by atoms with van der Waals surface area (Å²) in [5, 5.41) is 22.8. The molecule has 0 spiro atoms. The van der Waals surface area contributed by atoms with E-state index in [0.717, 1.165) is 5.56 Å². The number of carboxylic acid groups (broad SMARTS) is 1. The van der Waals surface area contributed by atoms with Crippen LogP contribution in [0.5, 0.6) is 0 Å². The number of carboxylic acids is 1. The second-order valence-electron chi connectivity index (χ2n) is 4.38. The van der Waals surface area contributed by atoms with E-state index in [4.69, 9.17) is 5.11 Å². The number of benzene rings is 2. The Kier molecular flexibility index (Phi) is 4.23. The molecule has 0 atom stereocenters. The number of nitrogens with zero attached hydrogens (tertiary/aromatic N) is 1. The summed E-state index contributed by atoms with van der Waals surface area (Å²) in [6.45, 7) is 1.82. The van der Waals surface area contributed by atoms with Gasteiger partial charge in [0.2, 0.25) is 0 Å². The van der Waals surface area contributed by atoms with E-state index in [-0.39, 0.29) is 11.3 Å². The summed E-state index contributed by atoms with van der Waals surface area (Å²) in [6, 6.07) is 9.06. The van der Waals surface area contributed by atoms with Gasteiger partial charge in [0, 0.05) is 22.3 Å². The highest BCUT2D eigenvalue weighted by molar-refractivity contribution is 9.10. The molecule has 0 heterocycles. The van der Waals surface area contributed by atoms with Crippen LogP contribution in [-0.4, -0.2) is 16.0 Å². The Bertz CT molecular complexity index is 731. The van der Waals surface area contributed by atoms with E-state index in [9.17, 15) is 14.9 Å². The summed E-state index contributed by atoms with van der Waals surface area (Å²) in [6.07, 6.45) is 0. The van der Waals surface area contributed by atoms with E-state index in [1.165, 1.54) is 24.3 Å². The molecule has 0 saturated carbocycles. The summed E-state index contributed by atoms with van der Waals surface area (Å²) in [5.41, 5.74) is 2.20. The molecule has 0 amide bonds. The number of halogens is 1. The minimum Gasteiger partial charge on any atom is -0.478 e. The zero-order valence-corrected chi connectivity index (χ0v) is 12.5. The molecule has 7 heteroatoms. The number of carbonyl (C=O) groups is 1. The summed E-state index contributed by atoms with van der Waals surface area (Å²) in [4.78, 5) is 21.2. The fraction of sp³-hybridized carbons (Fsp3) is 0.0714. The van der Waals surface area contributed by atoms with Crippen LogP contribution >= 0.6 is 15.9 Å². The molecule has 0 bridgehead atoms. The van der Waals surface area contributed by atoms with Crippen molar-refractivity contribution < 1.29 is 14.8 Å². The Labute approximate surface area is 128 Å². The average molecular weight is 351 g/mol. The van der Waals surface area contributed by atoms with Crippen LogP contribution in [0, 0.1) is 17.0 Å². The summed E-state index contributed by atoms with van der Waals surface area (Å²) >= 11 is 3.29. The van der Waals surface area contributed by atoms with Crippen molar-refractivity contribution >= 4 is 39.0 Å². The molecule has 2 aromatic rings. The molecular weight excluding hydrogens is 340 g/mol. The molecule has 0 aromatic heterocycles. The molecule has 0 saturated heterocycles. The van der Waals surface area contributed by atoms with Gasteiger partial charge in [0.25, 0.3) is 5.69 Å². The first kappa shape index (κ1) is 15.0. The van der Waals surface area contributed by atoms with Gasteiger partial charge in [-0.15, -0.1) is 0 Å². The zero-order valence-electron chi connectivity index (χ0n) is 11.0. The van der Waals surface area contributed by atoms with Gasteiger partial charge in [-0.05, 0) is 46.6 Å². The third-order valence-corrected chi connectivity index (χ3v) is 3.57. The number of aryl methyl sites for hydroxylation is 1. The quantitative estimate of drug-likeness (QED) is 0.639. The standard InChI is InChI=1S/C14H11BrN2O4/c1-8-2-4-10(17(20)21)7-13(8)16-12-5-3-9(14(18)19)6-11(12)15/h2-7,16H,1H3,(H,18,19). The van der Waals surface area contributed by atoms with Crippen molar-refractivity contribution in [2.75, 3.05) is 5.32 Å². The van der Waals surface area contributed by atoms with Crippen LogP contribution in [0.3, 0.4) is 0 Å². The van der Waals surface area contributed by atoms with Crippen molar-refractivity contribution in [3.8, 4) is 0 Å². The topological polar surface area (TPSA) is 92.5 Å². The number of hydrogen-bond acceptors (Lipinski definition) is 4. The number of nitrogens with one attached hydrogen (secondary N) is 1. The maximum Gasteiger partial charge on any atom is 0.335 e. The lowest BCUT2D eigenvalue weighted by molar-refractivity contribution is -0.384. The van der Waals surface area contributed by atoms with E-state index in [2.05, 4.69) is 21.2 Å².